The van der Waals surface area contributed by atoms with Crippen molar-refractivity contribution in [1.82, 2.24) is 0 Å². The Balaban J connectivity index is 2.61. The molecule has 0 amide bonds. The van der Waals surface area contributed by atoms with Crippen LogP contribution < -0.4 is 0 Å². The second kappa shape index (κ2) is 3.00. The molecule has 10 heavy (non-hydrogen) atoms. The first-order valence-electron chi connectivity index (χ1n) is 3.85. The van der Waals surface area contributed by atoms with Crippen molar-refractivity contribution in [3.8, 4) is 0 Å². The van der Waals surface area contributed by atoms with Gasteiger partial charge < -0.3 is 4.79 Å². The highest BCUT2D eigenvalue weighted by atomic mass is 16.1. The molecule has 1 nitrogen and oxygen atoms in total. The third kappa shape index (κ3) is 1.47. The lowest BCUT2D eigenvalue weighted by Crippen LogP contribution is -2.16. The van der Waals surface area contributed by atoms with E-state index in [1.165, 1.54) is 5.57 Å². The average Bonchev–Trinajstić information content (AvgIpc) is 1.94. The predicted molar refractivity (Wildman–Crippen MR) is 41.7 cm³/mol. The molecule has 0 N–H and O–H groups in total. The normalized spacial score (nSPS) is 33.2. The van der Waals surface area contributed by atoms with Crippen molar-refractivity contribution in [3.05, 3.63) is 11.6 Å². The highest BCUT2D eigenvalue weighted by Crippen LogP contribution is 2.27. The number of aldehydes is 1. The summed E-state index contributed by atoms with van der Waals surface area (Å²) in [7, 11) is 0. The van der Waals surface area contributed by atoms with Crippen LogP contribution in [0.1, 0.15) is 26.7 Å². The van der Waals surface area contributed by atoms with E-state index in [1.807, 2.05) is 0 Å². The Hall–Kier alpha value is -0.590. The van der Waals surface area contributed by atoms with E-state index in [0.29, 0.717) is 5.92 Å². The molecule has 1 aliphatic rings. The Morgan fingerprint density at radius 1 is 1.70 bits per heavy atom. The lowest BCUT2D eigenvalue weighted by Gasteiger charge is -2.22. The summed E-state index contributed by atoms with van der Waals surface area (Å²) >= 11 is 0. The molecule has 56 valence electrons. The molecular weight excluding hydrogens is 124 g/mol. The number of hydrogen-bond acceptors (Lipinski definition) is 1. The second-order valence-electron chi connectivity index (χ2n) is 3.27. The molecule has 0 spiro atoms. The van der Waals surface area contributed by atoms with Crippen molar-refractivity contribution in [2.24, 2.45) is 11.8 Å². The van der Waals surface area contributed by atoms with Gasteiger partial charge in [-0.3, -0.25) is 0 Å². The molecule has 0 fully saturated rings. The SMILES string of the molecule is CC1=CC[C@@H](C)[C@@H](C=O)C1. The minimum Gasteiger partial charge on any atom is -0.303 e. The Bertz CT molecular complexity index is 158. The van der Waals surface area contributed by atoms with Crippen LogP contribution in [0.2, 0.25) is 0 Å². The summed E-state index contributed by atoms with van der Waals surface area (Å²) in [5.74, 6) is 0.839. The summed E-state index contributed by atoms with van der Waals surface area (Å²) in [5.41, 5.74) is 1.37. The minimum absolute atomic E-state index is 0.282. The van der Waals surface area contributed by atoms with Gasteiger partial charge in [0.2, 0.25) is 0 Å². The fourth-order valence-electron chi connectivity index (χ4n) is 1.40. The van der Waals surface area contributed by atoms with Crippen molar-refractivity contribution < 1.29 is 4.79 Å². The number of carbonyl (C=O) groups excluding carboxylic acids is 1. The molecule has 0 aromatic rings. The molecular formula is C9H14O. The van der Waals surface area contributed by atoms with Gasteiger partial charge in [0.15, 0.2) is 0 Å². The van der Waals surface area contributed by atoms with Crippen LogP contribution in [0.3, 0.4) is 0 Å². The summed E-state index contributed by atoms with van der Waals surface area (Å²) in [6, 6.07) is 0. The smallest absolute Gasteiger partial charge is 0.123 e. The maximum Gasteiger partial charge on any atom is 0.123 e. The monoisotopic (exact) mass is 138 g/mol. The van der Waals surface area contributed by atoms with E-state index in [1.54, 1.807) is 0 Å². The van der Waals surface area contributed by atoms with Gasteiger partial charge in [-0.15, -0.1) is 0 Å². The zero-order valence-corrected chi connectivity index (χ0v) is 6.63. The molecule has 0 radical (unpaired) electrons. The second-order valence-corrected chi connectivity index (χ2v) is 3.27. The van der Waals surface area contributed by atoms with E-state index in [2.05, 4.69) is 19.9 Å². The van der Waals surface area contributed by atoms with Crippen molar-refractivity contribution >= 4 is 6.29 Å². The van der Waals surface area contributed by atoms with Crippen LogP contribution in [0.4, 0.5) is 0 Å². The number of allylic oxidation sites excluding steroid dienone is 2. The number of hydrogen-bond donors (Lipinski definition) is 0. The quantitative estimate of drug-likeness (QED) is 0.401. The molecule has 0 aromatic carbocycles. The van der Waals surface area contributed by atoms with E-state index < -0.39 is 0 Å². The van der Waals surface area contributed by atoms with Gasteiger partial charge in [-0.05, 0) is 25.7 Å². The third-order valence-electron chi connectivity index (χ3n) is 2.30. The van der Waals surface area contributed by atoms with E-state index >= 15 is 0 Å². The molecule has 1 rings (SSSR count). The third-order valence-corrected chi connectivity index (χ3v) is 2.30. The van der Waals surface area contributed by atoms with E-state index in [4.69, 9.17) is 0 Å². The first-order chi connectivity index (χ1) is 4.74. The van der Waals surface area contributed by atoms with Crippen molar-refractivity contribution in [2.45, 2.75) is 26.7 Å². The van der Waals surface area contributed by atoms with Gasteiger partial charge in [-0.1, -0.05) is 18.6 Å². The summed E-state index contributed by atoms with van der Waals surface area (Å²) < 4.78 is 0. The molecule has 1 heteroatoms. The highest BCUT2D eigenvalue weighted by molar-refractivity contribution is 5.55. The molecule has 0 unspecified atom stereocenters. The first kappa shape index (κ1) is 7.52. The lowest BCUT2D eigenvalue weighted by molar-refractivity contribution is -0.112. The Morgan fingerprint density at radius 2 is 2.40 bits per heavy atom. The van der Waals surface area contributed by atoms with Gasteiger partial charge >= 0.3 is 0 Å². The zero-order valence-electron chi connectivity index (χ0n) is 6.63. The Morgan fingerprint density at radius 3 is 2.90 bits per heavy atom. The maximum atomic E-state index is 10.5. The summed E-state index contributed by atoms with van der Waals surface area (Å²) in [5, 5.41) is 0. The number of carbonyl (C=O) groups is 1. The topological polar surface area (TPSA) is 17.1 Å². The largest absolute Gasteiger partial charge is 0.303 e. The van der Waals surface area contributed by atoms with Crippen molar-refractivity contribution in [1.29, 1.82) is 0 Å². The van der Waals surface area contributed by atoms with Crippen LogP contribution >= 0.6 is 0 Å². The van der Waals surface area contributed by atoms with Crippen LogP contribution in [0.15, 0.2) is 11.6 Å². The molecule has 0 aromatic heterocycles. The highest BCUT2D eigenvalue weighted by Gasteiger charge is 2.19. The first-order valence-corrected chi connectivity index (χ1v) is 3.85. The molecule has 1 aliphatic carbocycles. The van der Waals surface area contributed by atoms with E-state index in [-0.39, 0.29) is 5.92 Å². The van der Waals surface area contributed by atoms with Crippen molar-refractivity contribution in [3.63, 3.8) is 0 Å². The summed E-state index contributed by atoms with van der Waals surface area (Å²) in [4.78, 5) is 10.5. The van der Waals surface area contributed by atoms with E-state index in [0.717, 1.165) is 19.1 Å². The van der Waals surface area contributed by atoms with Crippen LogP contribution in [-0.2, 0) is 4.79 Å². The Kier molecular flexibility index (Phi) is 2.25. The van der Waals surface area contributed by atoms with Crippen molar-refractivity contribution in [2.75, 3.05) is 0 Å². The standard InChI is InChI=1S/C9H14O/c1-7-3-4-8(2)9(5-7)6-10/h3,6,8-9H,4-5H2,1-2H3/t8-,9-/m1/s1. The van der Waals surface area contributed by atoms with Gasteiger partial charge in [0.05, 0.1) is 0 Å². The van der Waals surface area contributed by atoms with Crippen LogP contribution in [0, 0.1) is 11.8 Å². The zero-order chi connectivity index (χ0) is 7.56. The molecule has 0 saturated heterocycles. The van der Waals surface area contributed by atoms with Crippen LogP contribution in [0.25, 0.3) is 0 Å². The number of rotatable bonds is 1. The molecule has 0 aliphatic heterocycles. The summed E-state index contributed by atoms with van der Waals surface area (Å²) in [6.07, 6.45) is 5.39. The predicted octanol–water partition coefficient (Wildman–Crippen LogP) is 2.18. The maximum absolute atomic E-state index is 10.5. The molecule has 0 bridgehead atoms. The average molecular weight is 138 g/mol. The fourth-order valence-corrected chi connectivity index (χ4v) is 1.40. The Labute approximate surface area is 62.1 Å². The van der Waals surface area contributed by atoms with Gasteiger partial charge in [0.25, 0.3) is 0 Å². The minimum atomic E-state index is 0.282. The van der Waals surface area contributed by atoms with Gasteiger partial charge in [0.1, 0.15) is 6.29 Å². The van der Waals surface area contributed by atoms with E-state index in [9.17, 15) is 4.79 Å². The van der Waals surface area contributed by atoms with Crippen LogP contribution in [-0.4, -0.2) is 6.29 Å². The molecule has 0 saturated carbocycles. The van der Waals surface area contributed by atoms with Crippen LogP contribution in [0.5, 0.6) is 0 Å². The summed E-state index contributed by atoms with van der Waals surface area (Å²) in [6.45, 7) is 4.24. The molecule has 0 heterocycles. The van der Waals surface area contributed by atoms with Gasteiger partial charge in [-0.25, -0.2) is 0 Å². The fraction of sp³-hybridized carbons (Fsp3) is 0.667. The lowest BCUT2D eigenvalue weighted by atomic mass is 9.82. The van der Waals surface area contributed by atoms with Gasteiger partial charge in [0, 0.05) is 5.92 Å². The van der Waals surface area contributed by atoms with Gasteiger partial charge in [-0.2, -0.15) is 0 Å². The molecule has 2 atom stereocenters.